The van der Waals surface area contributed by atoms with Crippen LogP contribution >= 0.6 is 11.6 Å². The average molecular weight is 388 g/mol. The van der Waals surface area contributed by atoms with Crippen LogP contribution in [0, 0.1) is 0 Å². The zero-order valence-corrected chi connectivity index (χ0v) is 16.3. The van der Waals surface area contributed by atoms with Gasteiger partial charge in [0.1, 0.15) is 5.75 Å². The van der Waals surface area contributed by atoms with Gasteiger partial charge in [0.25, 0.3) is 0 Å². The molecule has 1 atom stereocenters. The summed E-state index contributed by atoms with van der Waals surface area (Å²) in [5.41, 5.74) is 2.11. The fourth-order valence-corrected chi connectivity index (χ4v) is 3.54. The number of anilines is 1. The monoisotopic (exact) mass is 387 g/mol. The van der Waals surface area contributed by atoms with E-state index in [-0.39, 0.29) is 11.9 Å². The van der Waals surface area contributed by atoms with Crippen LogP contribution in [0.5, 0.6) is 5.75 Å². The van der Waals surface area contributed by atoms with Gasteiger partial charge in [-0.3, -0.25) is 9.69 Å². The fraction of sp³-hybridized carbons (Fsp3) is 0.381. The van der Waals surface area contributed by atoms with E-state index in [0.717, 1.165) is 31.7 Å². The van der Waals surface area contributed by atoms with Crippen molar-refractivity contribution in [2.45, 2.75) is 25.4 Å². The maximum Gasteiger partial charge on any atom is 0.222 e. The highest BCUT2D eigenvalue weighted by Gasteiger charge is 2.23. The smallest absolute Gasteiger partial charge is 0.222 e. The molecule has 0 aromatic heterocycles. The van der Waals surface area contributed by atoms with Crippen molar-refractivity contribution in [2.75, 3.05) is 32.1 Å². The van der Waals surface area contributed by atoms with Crippen LogP contribution in [0.15, 0.2) is 48.5 Å². The van der Waals surface area contributed by atoms with Crippen LogP contribution in [0.3, 0.4) is 0 Å². The lowest BCUT2D eigenvalue weighted by molar-refractivity contribution is -0.121. The van der Waals surface area contributed by atoms with Crippen LogP contribution < -0.4 is 15.4 Å². The number of carbonyl (C=O) groups excluding carboxylic acids is 1. The predicted molar refractivity (Wildman–Crippen MR) is 109 cm³/mol. The number of amides is 1. The summed E-state index contributed by atoms with van der Waals surface area (Å²) >= 11 is 6.02. The number of benzene rings is 2. The molecule has 144 valence electrons. The lowest BCUT2D eigenvalue weighted by atomic mass is 10.2. The van der Waals surface area contributed by atoms with Crippen LogP contribution in [-0.2, 0) is 11.3 Å². The fourth-order valence-electron chi connectivity index (χ4n) is 3.36. The first kappa shape index (κ1) is 19.5. The third-order valence-corrected chi connectivity index (χ3v) is 4.95. The van der Waals surface area contributed by atoms with E-state index in [0.29, 0.717) is 23.7 Å². The lowest BCUT2D eigenvalue weighted by Gasteiger charge is -2.17. The summed E-state index contributed by atoms with van der Waals surface area (Å²) in [5, 5.41) is 7.00. The number of halogens is 1. The van der Waals surface area contributed by atoms with Gasteiger partial charge in [0.15, 0.2) is 0 Å². The standard InChI is InChI=1S/C21H26ClN3O2/c1-27-20-8-7-17(22)13-19(20)23-11-9-21(26)24-18-10-12-25(15-18)14-16-5-3-2-4-6-16/h2-8,13,18,23H,9-12,14-15H2,1H3,(H,24,26). The highest BCUT2D eigenvalue weighted by atomic mass is 35.5. The summed E-state index contributed by atoms with van der Waals surface area (Å²) in [5.74, 6) is 0.780. The van der Waals surface area contributed by atoms with E-state index in [1.165, 1.54) is 5.56 Å². The van der Waals surface area contributed by atoms with Crippen molar-refractivity contribution in [3.8, 4) is 5.75 Å². The highest BCUT2D eigenvalue weighted by molar-refractivity contribution is 6.30. The number of likely N-dealkylation sites (tertiary alicyclic amines) is 1. The molecule has 0 spiro atoms. The molecule has 0 radical (unpaired) electrons. The van der Waals surface area contributed by atoms with Gasteiger partial charge in [-0.2, -0.15) is 0 Å². The Labute approximate surface area is 165 Å². The molecule has 1 aliphatic rings. The number of methoxy groups -OCH3 is 1. The third-order valence-electron chi connectivity index (χ3n) is 4.72. The normalized spacial score (nSPS) is 16.9. The van der Waals surface area contributed by atoms with Crippen LogP contribution in [0.25, 0.3) is 0 Å². The van der Waals surface area contributed by atoms with Crippen molar-refractivity contribution in [2.24, 2.45) is 0 Å². The summed E-state index contributed by atoms with van der Waals surface area (Å²) in [7, 11) is 1.61. The molecule has 0 saturated carbocycles. The maximum atomic E-state index is 12.2. The van der Waals surface area contributed by atoms with Gasteiger partial charge in [-0.25, -0.2) is 0 Å². The zero-order chi connectivity index (χ0) is 19.1. The summed E-state index contributed by atoms with van der Waals surface area (Å²) in [6.07, 6.45) is 1.40. The van der Waals surface area contributed by atoms with Crippen molar-refractivity contribution in [3.05, 3.63) is 59.1 Å². The first-order valence-electron chi connectivity index (χ1n) is 9.27. The lowest BCUT2D eigenvalue weighted by Crippen LogP contribution is -2.37. The van der Waals surface area contributed by atoms with Crippen molar-refractivity contribution in [1.29, 1.82) is 0 Å². The van der Waals surface area contributed by atoms with Crippen molar-refractivity contribution in [1.82, 2.24) is 10.2 Å². The Hall–Kier alpha value is -2.24. The maximum absolute atomic E-state index is 12.2. The molecule has 2 aromatic carbocycles. The first-order chi connectivity index (χ1) is 13.1. The molecule has 2 N–H and O–H groups in total. The molecule has 1 aliphatic heterocycles. The number of ether oxygens (including phenoxy) is 1. The van der Waals surface area contributed by atoms with Gasteiger partial charge in [0.05, 0.1) is 12.8 Å². The van der Waals surface area contributed by atoms with Crippen LogP contribution in [0.2, 0.25) is 5.02 Å². The van der Waals surface area contributed by atoms with Gasteiger partial charge in [0, 0.05) is 43.7 Å². The number of nitrogens with one attached hydrogen (secondary N) is 2. The molecule has 2 aromatic rings. The van der Waals surface area contributed by atoms with E-state index in [1.807, 2.05) is 12.1 Å². The predicted octanol–water partition coefficient (Wildman–Crippen LogP) is 3.54. The molecule has 27 heavy (non-hydrogen) atoms. The highest BCUT2D eigenvalue weighted by Crippen LogP contribution is 2.27. The minimum absolute atomic E-state index is 0.0649. The molecule has 1 saturated heterocycles. The van der Waals surface area contributed by atoms with E-state index in [2.05, 4.69) is 39.8 Å². The minimum Gasteiger partial charge on any atom is -0.495 e. The van der Waals surface area contributed by atoms with Crippen LogP contribution in [0.1, 0.15) is 18.4 Å². The Morgan fingerprint density at radius 1 is 1.26 bits per heavy atom. The number of hydrogen-bond donors (Lipinski definition) is 2. The minimum atomic E-state index is 0.0649. The Morgan fingerprint density at radius 3 is 2.85 bits per heavy atom. The molecular formula is C21H26ClN3O2. The summed E-state index contributed by atoms with van der Waals surface area (Å²) in [6, 6.07) is 16.1. The Kier molecular flexibility index (Phi) is 6.96. The number of rotatable bonds is 8. The molecule has 6 heteroatoms. The molecule has 1 fully saturated rings. The molecular weight excluding hydrogens is 362 g/mol. The summed E-state index contributed by atoms with van der Waals surface area (Å²) in [4.78, 5) is 14.6. The number of carbonyl (C=O) groups is 1. The Balaban J connectivity index is 1.39. The van der Waals surface area contributed by atoms with Gasteiger partial charge in [-0.05, 0) is 30.2 Å². The van der Waals surface area contributed by atoms with Crippen molar-refractivity contribution < 1.29 is 9.53 Å². The largest absolute Gasteiger partial charge is 0.495 e. The van der Waals surface area contributed by atoms with E-state index in [9.17, 15) is 4.79 Å². The van der Waals surface area contributed by atoms with Crippen LogP contribution in [-0.4, -0.2) is 43.6 Å². The van der Waals surface area contributed by atoms with E-state index < -0.39 is 0 Å². The summed E-state index contributed by atoms with van der Waals surface area (Å²) in [6.45, 7) is 3.38. The van der Waals surface area contributed by atoms with Gasteiger partial charge in [0.2, 0.25) is 5.91 Å². The second-order valence-electron chi connectivity index (χ2n) is 6.80. The van der Waals surface area contributed by atoms with Crippen LogP contribution in [0.4, 0.5) is 5.69 Å². The van der Waals surface area contributed by atoms with Crippen molar-refractivity contribution in [3.63, 3.8) is 0 Å². The quantitative estimate of drug-likeness (QED) is 0.727. The molecule has 1 unspecified atom stereocenters. The third kappa shape index (κ3) is 5.88. The zero-order valence-electron chi connectivity index (χ0n) is 15.6. The second-order valence-corrected chi connectivity index (χ2v) is 7.23. The molecule has 0 bridgehead atoms. The van der Waals surface area contributed by atoms with Gasteiger partial charge >= 0.3 is 0 Å². The molecule has 0 aliphatic carbocycles. The van der Waals surface area contributed by atoms with Crippen molar-refractivity contribution >= 4 is 23.2 Å². The number of hydrogen-bond acceptors (Lipinski definition) is 4. The molecule has 3 rings (SSSR count). The Morgan fingerprint density at radius 2 is 2.07 bits per heavy atom. The van der Waals surface area contributed by atoms with E-state index in [4.69, 9.17) is 16.3 Å². The average Bonchev–Trinajstić information content (AvgIpc) is 3.09. The molecule has 5 nitrogen and oxygen atoms in total. The van der Waals surface area contributed by atoms with E-state index >= 15 is 0 Å². The topological polar surface area (TPSA) is 53.6 Å². The summed E-state index contributed by atoms with van der Waals surface area (Å²) < 4.78 is 5.30. The second kappa shape index (κ2) is 9.62. The van der Waals surface area contributed by atoms with Gasteiger partial charge < -0.3 is 15.4 Å². The number of nitrogens with zero attached hydrogens (tertiary/aromatic N) is 1. The molecule has 1 amide bonds. The van der Waals surface area contributed by atoms with Gasteiger partial charge in [-0.15, -0.1) is 0 Å². The Bertz CT molecular complexity index is 754. The first-order valence-corrected chi connectivity index (χ1v) is 9.65. The van der Waals surface area contributed by atoms with E-state index in [1.54, 1.807) is 19.2 Å². The van der Waals surface area contributed by atoms with Gasteiger partial charge in [-0.1, -0.05) is 41.9 Å². The SMILES string of the molecule is COc1ccc(Cl)cc1NCCC(=O)NC1CCN(Cc2ccccc2)C1. The molecule has 1 heterocycles.